The quantitative estimate of drug-likeness (QED) is 0.660. The van der Waals surface area contributed by atoms with Gasteiger partial charge in [-0.25, -0.2) is 8.42 Å². The summed E-state index contributed by atoms with van der Waals surface area (Å²) in [6, 6.07) is 4.15. The molecule has 1 aliphatic carbocycles. The van der Waals surface area contributed by atoms with Crippen molar-refractivity contribution < 1.29 is 13.5 Å². The summed E-state index contributed by atoms with van der Waals surface area (Å²) in [6.07, 6.45) is 5.17. The normalized spacial score (nSPS) is 17.5. The van der Waals surface area contributed by atoms with Gasteiger partial charge in [0.1, 0.15) is 5.75 Å². The van der Waals surface area contributed by atoms with E-state index in [1.165, 1.54) is 24.6 Å². The number of sulfonamides is 1. The molecule has 3 N–H and O–H groups in total. The van der Waals surface area contributed by atoms with Crippen molar-refractivity contribution in [3.05, 3.63) is 18.2 Å². The Kier molecular flexibility index (Phi) is 4.55. The van der Waals surface area contributed by atoms with Gasteiger partial charge in [-0.2, -0.15) is 4.31 Å². The van der Waals surface area contributed by atoms with Crippen LogP contribution in [0.2, 0.25) is 0 Å². The molecule has 0 heterocycles. The minimum Gasteiger partial charge on any atom is -0.506 e. The summed E-state index contributed by atoms with van der Waals surface area (Å²) < 4.78 is 27.0. The number of hydrogen-bond acceptors (Lipinski definition) is 4. The van der Waals surface area contributed by atoms with Gasteiger partial charge in [0.05, 0.1) is 10.6 Å². The maximum atomic E-state index is 12.7. The van der Waals surface area contributed by atoms with Crippen molar-refractivity contribution in [2.24, 2.45) is 0 Å². The fraction of sp³-hybridized carbons (Fsp3) is 0.571. The lowest BCUT2D eigenvalue weighted by atomic mass is 9.95. The summed E-state index contributed by atoms with van der Waals surface area (Å²) in [5, 5.41) is 9.42. The predicted octanol–water partition coefficient (Wildman–Crippen LogP) is 2.32. The SMILES string of the molecule is CCN(C1CCCCC1)S(=O)(=O)c1ccc(O)c(N)c1. The lowest BCUT2D eigenvalue weighted by molar-refractivity contribution is 0.261. The van der Waals surface area contributed by atoms with Crippen molar-refractivity contribution in [3.8, 4) is 5.75 Å². The number of phenols is 1. The third kappa shape index (κ3) is 2.91. The monoisotopic (exact) mass is 298 g/mol. The van der Waals surface area contributed by atoms with Crippen LogP contribution in [0.3, 0.4) is 0 Å². The van der Waals surface area contributed by atoms with E-state index in [-0.39, 0.29) is 22.4 Å². The highest BCUT2D eigenvalue weighted by Gasteiger charge is 2.31. The maximum Gasteiger partial charge on any atom is 0.243 e. The van der Waals surface area contributed by atoms with E-state index in [0.29, 0.717) is 6.54 Å². The van der Waals surface area contributed by atoms with E-state index in [9.17, 15) is 13.5 Å². The van der Waals surface area contributed by atoms with Crippen LogP contribution in [0.25, 0.3) is 0 Å². The fourth-order valence-electron chi connectivity index (χ4n) is 2.82. The van der Waals surface area contributed by atoms with Gasteiger partial charge in [0, 0.05) is 12.6 Å². The molecule has 1 aromatic carbocycles. The van der Waals surface area contributed by atoms with Gasteiger partial charge < -0.3 is 10.8 Å². The Morgan fingerprint density at radius 1 is 1.30 bits per heavy atom. The second-order valence-electron chi connectivity index (χ2n) is 5.22. The molecule has 1 saturated carbocycles. The van der Waals surface area contributed by atoms with E-state index in [2.05, 4.69) is 0 Å². The topological polar surface area (TPSA) is 83.6 Å². The fourth-order valence-corrected chi connectivity index (χ4v) is 4.55. The van der Waals surface area contributed by atoms with Crippen molar-refractivity contribution in [2.45, 2.75) is 50.0 Å². The average Bonchev–Trinajstić information content (AvgIpc) is 2.43. The van der Waals surface area contributed by atoms with Crippen LogP contribution in [-0.4, -0.2) is 30.4 Å². The number of nitrogen functional groups attached to an aromatic ring is 1. The number of hydrogen-bond donors (Lipinski definition) is 2. The highest BCUT2D eigenvalue weighted by Crippen LogP contribution is 2.30. The third-order valence-electron chi connectivity index (χ3n) is 3.90. The van der Waals surface area contributed by atoms with Gasteiger partial charge in [-0.15, -0.1) is 0 Å². The Morgan fingerprint density at radius 3 is 2.50 bits per heavy atom. The van der Waals surface area contributed by atoms with Crippen molar-refractivity contribution in [1.29, 1.82) is 0 Å². The molecular weight excluding hydrogens is 276 g/mol. The van der Waals surface area contributed by atoms with Crippen LogP contribution in [0.1, 0.15) is 39.0 Å². The number of nitrogens with two attached hydrogens (primary N) is 1. The van der Waals surface area contributed by atoms with Gasteiger partial charge in [0.15, 0.2) is 0 Å². The molecule has 0 aliphatic heterocycles. The van der Waals surface area contributed by atoms with E-state index in [1.54, 1.807) is 4.31 Å². The smallest absolute Gasteiger partial charge is 0.243 e. The summed E-state index contributed by atoms with van der Waals surface area (Å²) in [4.78, 5) is 0.153. The number of benzene rings is 1. The number of phenolic OH excluding ortho intramolecular Hbond substituents is 1. The van der Waals surface area contributed by atoms with Gasteiger partial charge in [-0.1, -0.05) is 26.2 Å². The van der Waals surface area contributed by atoms with Crippen LogP contribution in [-0.2, 0) is 10.0 Å². The summed E-state index contributed by atoms with van der Waals surface area (Å²) in [7, 11) is -3.55. The lowest BCUT2D eigenvalue weighted by Gasteiger charge is -2.32. The van der Waals surface area contributed by atoms with Gasteiger partial charge in [-0.05, 0) is 31.0 Å². The molecule has 1 aliphatic rings. The van der Waals surface area contributed by atoms with Crippen LogP contribution in [0.15, 0.2) is 23.1 Å². The second kappa shape index (κ2) is 6.01. The molecule has 0 atom stereocenters. The standard InChI is InChI=1S/C14H22N2O3S/c1-2-16(11-6-4-3-5-7-11)20(18,19)12-8-9-14(17)13(15)10-12/h8-11,17H,2-7,15H2,1H3. The molecule has 20 heavy (non-hydrogen) atoms. The molecular formula is C14H22N2O3S. The summed E-state index contributed by atoms with van der Waals surface area (Å²) >= 11 is 0. The van der Waals surface area contributed by atoms with Gasteiger partial charge >= 0.3 is 0 Å². The zero-order valence-electron chi connectivity index (χ0n) is 11.7. The van der Waals surface area contributed by atoms with Crippen molar-refractivity contribution in [2.75, 3.05) is 12.3 Å². The number of rotatable bonds is 4. The zero-order chi connectivity index (χ0) is 14.8. The number of nitrogens with zero attached hydrogens (tertiary/aromatic N) is 1. The third-order valence-corrected chi connectivity index (χ3v) is 5.92. The maximum absolute atomic E-state index is 12.7. The summed E-state index contributed by atoms with van der Waals surface area (Å²) in [6.45, 7) is 2.31. The molecule has 0 saturated heterocycles. The van der Waals surface area contributed by atoms with Crippen molar-refractivity contribution in [3.63, 3.8) is 0 Å². The largest absolute Gasteiger partial charge is 0.506 e. The Morgan fingerprint density at radius 2 is 1.95 bits per heavy atom. The molecule has 0 amide bonds. The predicted molar refractivity (Wildman–Crippen MR) is 79.0 cm³/mol. The Hall–Kier alpha value is -1.27. The molecule has 1 aromatic rings. The van der Waals surface area contributed by atoms with Crippen LogP contribution in [0.4, 0.5) is 5.69 Å². The van der Waals surface area contributed by atoms with Gasteiger partial charge in [0.25, 0.3) is 0 Å². The highest BCUT2D eigenvalue weighted by molar-refractivity contribution is 7.89. The molecule has 1 fully saturated rings. The first-order chi connectivity index (χ1) is 9.46. The lowest BCUT2D eigenvalue weighted by Crippen LogP contribution is -2.41. The summed E-state index contributed by atoms with van der Waals surface area (Å²) in [5.74, 6) is -0.0929. The zero-order valence-corrected chi connectivity index (χ0v) is 12.6. The number of anilines is 1. The average molecular weight is 298 g/mol. The van der Waals surface area contributed by atoms with Crippen molar-refractivity contribution >= 4 is 15.7 Å². The van der Waals surface area contributed by atoms with E-state index in [0.717, 1.165) is 25.7 Å². The molecule has 0 radical (unpaired) electrons. The number of aromatic hydroxyl groups is 1. The van der Waals surface area contributed by atoms with Crippen LogP contribution in [0, 0.1) is 0 Å². The van der Waals surface area contributed by atoms with E-state index in [1.807, 2.05) is 6.92 Å². The molecule has 0 aromatic heterocycles. The van der Waals surface area contributed by atoms with Crippen molar-refractivity contribution in [1.82, 2.24) is 4.31 Å². The minimum absolute atomic E-state index is 0.0776. The van der Waals surface area contributed by atoms with Gasteiger partial charge in [-0.3, -0.25) is 0 Å². The van der Waals surface area contributed by atoms with E-state index in [4.69, 9.17) is 5.73 Å². The molecule has 0 spiro atoms. The van der Waals surface area contributed by atoms with Crippen LogP contribution in [0.5, 0.6) is 5.75 Å². The summed E-state index contributed by atoms with van der Waals surface area (Å²) in [5.41, 5.74) is 5.69. The highest BCUT2D eigenvalue weighted by atomic mass is 32.2. The van der Waals surface area contributed by atoms with Gasteiger partial charge in [0.2, 0.25) is 10.0 Å². The first-order valence-electron chi connectivity index (χ1n) is 7.07. The molecule has 2 rings (SSSR count). The molecule has 0 unspecified atom stereocenters. The Bertz CT molecular complexity index is 566. The second-order valence-corrected chi connectivity index (χ2v) is 7.11. The van der Waals surface area contributed by atoms with Crippen LogP contribution >= 0.6 is 0 Å². The molecule has 5 nitrogen and oxygen atoms in total. The first-order valence-corrected chi connectivity index (χ1v) is 8.51. The first kappa shape index (κ1) is 15.1. The molecule has 0 bridgehead atoms. The van der Waals surface area contributed by atoms with E-state index < -0.39 is 10.0 Å². The van der Waals surface area contributed by atoms with E-state index >= 15 is 0 Å². The Balaban J connectivity index is 2.32. The minimum atomic E-state index is -3.55. The van der Waals surface area contributed by atoms with Crippen LogP contribution < -0.4 is 5.73 Å². The molecule has 6 heteroatoms. The Labute approximate surface area is 120 Å². The molecule has 112 valence electrons.